The minimum absolute atomic E-state index is 0.0745. The Hall–Kier alpha value is -3.86. The lowest BCUT2D eigenvalue weighted by atomic mass is 10.1. The number of fused-ring (bicyclic) bond motifs is 1. The molecule has 4 rings (SSSR count). The topological polar surface area (TPSA) is 66.6 Å². The molecule has 0 aliphatic rings. The highest BCUT2D eigenvalue weighted by molar-refractivity contribution is 6.01. The first-order valence-electron chi connectivity index (χ1n) is 8.91. The number of carbonyl (C=O) groups is 1. The number of hydrazone groups is 1. The first kappa shape index (κ1) is 17.5. The largest absolute Gasteiger partial charge is 0.507 e. The maximum Gasteiger partial charge on any atom is 0.275 e. The van der Waals surface area contributed by atoms with Crippen molar-refractivity contribution in [3.63, 3.8) is 0 Å². The van der Waals surface area contributed by atoms with Crippen LogP contribution >= 0.6 is 0 Å². The number of hydrogen-bond acceptors (Lipinski definition) is 3. The highest BCUT2D eigenvalue weighted by Gasteiger charge is 2.12. The lowest BCUT2D eigenvalue weighted by Crippen LogP contribution is -2.18. The first-order valence-corrected chi connectivity index (χ1v) is 8.91. The molecule has 0 bridgehead atoms. The molecule has 5 heteroatoms. The van der Waals surface area contributed by atoms with Gasteiger partial charge in [-0.1, -0.05) is 36.4 Å². The number of hydrogen-bond donors (Lipinski definition) is 2. The average Bonchev–Trinajstić information content (AvgIpc) is 3.16. The summed E-state index contributed by atoms with van der Waals surface area (Å²) in [4.78, 5) is 12.4. The van der Waals surface area contributed by atoms with Crippen molar-refractivity contribution in [3.8, 4) is 11.4 Å². The van der Waals surface area contributed by atoms with E-state index in [4.69, 9.17) is 0 Å². The molecule has 0 radical (unpaired) electrons. The predicted molar refractivity (Wildman–Crippen MR) is 111 cm³/mol. The Morgan fingerprint density at radius 2 is 1.79 bits per heavy atom. The molecule has 0 spiro atoms. The van der Waals surface area contributed by atoms with Gasteiger partial charge in [0.15, 0.2) is 0 Å². The smallest absolute Gasteiger partial charge is 0.275 e. The van der Waals surface area contributed by atoms with Gasteiger partial charge in [-0.25, -0.2) is 5.43 Å². The molecule has 0 saturated carbocycles. The Morgan fingerprint density at radius 1 is 1.00 bits per heavy atom. The van der Waals surface area contributed by atoms with Crippen molar-refractivity contribution in [1.82, 2.24) is 9.99 Å². The fraction of sp³-hybridized carbons (Fsp3) is 0.0435. The molecule has 1 amide bonds. The van der Waals surface area contributed by atoms with Crippen LogP contribution in [-0.4, -0.2) is 21.8 Å². The van der Waals surface area contributed by atoms with E-state index in [9.17, 15) is 9.90 Å². The Morgan fingerprint density at radius 3 is 2.57 bits per heavy atom. The highest BCUT2D eigenvalue weighted by atomic mass is 16.3. The van der Waals surface area contributed by atoms with E-state index in [-0.39, 0.29) is 11.3 Å². The van der Waals surface area contributed by atoms with E-state index >= 15 is 0 Å². The van der Waals surface area contributed by atoms with Crippen molar-refractivity contribution in [2.24, 2.45) is 5.10 Å². The summed E-state index contributed by atoms with van der Waals surface area (Å²) in [5.41, 5.74) is 5.68. The number of aryl methyl sites for hydroxylation is 1. The molecule has 0 saturated heterocycles. The summed E-state index contributed by atoms with van der Waals surface area (Å²) in [6, 6.07) is 22.7. The van der Waals surface area contributed by atoms with E-state index in [1.165, 1.54) is 0 Å². The van der Waals surface area contributed by atoms with Gasteiger partial charge in [-0.05, 0) is 59.7 Å². The van der Waals surface area contributed by atoms with Crippen LogP contribution in [0.2, 0.25) is 0 Å². The molecular formula is C23H19N3O2. The SMILES string of the molecule is Cc1cccc(-n2cccc2C=NNC(=O)c2cc3ccccc3cc2O)c1. The molecule has 0 atom stereocenters. The number of aromatic hydroxyl groups is 1. The molecule has 28 heavy (non-hydrogen) atoms. The summed E-state index contributed by atoms with van der Waals surface area (Å²) in [5, 5.41) is 16.0. The van der Waals surface area contributed by atoms with Crippen LogP contribution < -0.4 is 5.43 Å². The number of aromatic nitrogens is 1. The lowest BCUT2D eigenvalue weighted by molar-refractivity contribution is 0.0952. The second-order valence-electron chi connectivity index (χ2n) is 6.56. The Balaban J connectivity index is 1.54. The summed E-state index contributed by atoms with van der Waals surface area (Å²) in [6.07, 6.45) is 3.52. The van der Waals surface area contributed by atoms with Gasteiger partial charge in [-0.3, -0.25) is 4.79 Å². The fourth-order valence-electron chi connectivity index (χ4n) is 3.14. The number of phenolic OH excluding ortho intramolecular Hbond substituents is 1. The zero-order valence-electron chi connectivity index (χ0n) is 15.3. The molecule has 0 aliphatic carbocycles. The molecule has 0 unspecified atom stereocenters. The van der Waals surface area contributed by atoms with Gasteiger partial charge in [0.1, 0.15) is 5.75 Å². The third kappa shape index (κ3) is 3.50. The third-order valence-electron chi connectivity index (χ3n) is 4.53. The van der Waals surface area contributed by atoms with Crippen LogP contribution in [0.1, 0.15) is 21.6 Å². The molecule has 138 valence electrons. The van der Waals surface area contributed by atoms with Crippen LogP contribution in [0.25, 0.3) is 16.5 Å². The van der Waals surface area contributed by atoms with Crippen LogP contribution in [0.3, 0.4) is 0 Å². The Bertz CT molecular complexity index is 1190. The summed E-state index contributed by atoms with van der Waals surface area (Å²) < 4.78 is 1.98. The molecule has 2 N–H and O–H groups in total. The van der Waals surface area contributed by atoms with E-state index in [0.29, 0.717) is 0 Å². The molecule has 4 aromatic rings. The number of nitrogens with one attached hydrogen (secondary N) is 1. The molecule has 1 aromatic heterocycles. The van der Waals surface area contributed by atoms with E-state index in [0.717, 1.165) is 27.7 Å². The molecule has 5 nitrogen and oxygen atoms in total. The summed E-state index contributed by atoms with van der Waals surface area (Å²) in [5.74, 6) is -0.539. The zero-order valence-corrected chi connectivity index (χ0v) is 15.3. The Kier molecular flexibility index (Phi) is 4.64. The minimum Gasteiger partial charge on any atom is -0.507 e. The monoisotopic (exact) mass is 369 g/mol. The van der Waals surface area contributed by atoms with E-state index in [2.05, 4.69) is 16.6 Å². The van der Waals surface area contributed by atoms with Gasteiger partial charge in [0.2, 0.25) is 0 Å². The quantitative estimate of drug-likeness (QED) is 0.413. The zero-order chi connectivity index (χ0) is 19.5. The summed E-state index contributed by atoms with van der Waals surface area (Å²) in [7, 11) is 0. The predicted octanol–water partition coefficient (Wildman–Crippen LogP) is 4.41. The van der Waals surface area contributed by atoms with Crippen LogP contribution in [0.15, 0.2) is 84.1 Å². The number of carbonyl (C=O) groups excluding carboxylic acids is 1. The van der Waals surface area contributed by atoms with Crippen molar-refractivity contribution in [3.05, 3.63) is 95.8 Å². The summed E-state index contributed by atoms with van der Waals surface area (Å²) in [6.45, 7) is 2.04. The number of nitrogens with zero attached hydrogens (tertiary/aromatic N) is 2. The van der Waals surface area contributed by atoms with Gasteiger partial charge in [-0.2, -0.15) is 5.10 Å². The van der Waals surface area contributed by atoms with Crippen LogP contribution in [-0.2, 0) is 0 Å². The maximum atomic E-state index is 12.4. The van der Waals surface area contributed by atoms with Crippen LogP contribution in [0, 0.1) is 6.92 Å². The summed E-state index contributed by atoms with van der Waals surface area (Å²) >= 11 is 0. The molecular weight excluding hydrogens is 350 g/mol. The molecule has 0 fully saturated rings. The van der Waals surface area contributed by atoms with E-state index in [1.807, 2.05) is 72.3 Å². The molecule has 1 heterocycles. The molecule has 0 aliphatic heterocycles. The molecule has 3 aromatic carbocycles. The number of rotatable bonds is 4. The second kappa shape index (κ2) is 7.40. The second-order valence-corrected chi connectivity index (χ2v) is 6.56. The normalized spacial score (nSPS) is 11.2. The van der Waals surface area contributed by atoms with Crippen molar-refractivity contribution in [1.29, 1.82) is 0 Å². The van der Waals surface area contributed by atoms with Gasteiger partial charge in [0.25, 0.3) is 5.91 Å². The highest BCUT2D eigenvalue weighted by Crippen LogP contribution is 2.24. The van der Waals surface area contributed by atoms with Gasteiger partial charge in [0.05, 0.1) is 17.5 Å². The van der Waals surface area contributed by atoms with Gasteiger partial charge in [-0.15, -0.1) is 0 Å². The van der Waals surface area contributed by atoms with Gasteiger partial charge >= 0.3 is 0 Å². The first-order chi connectivity index (χ1) is 13.6. The van der Waals surface area contributed by atoms with Crippen LogP contribution in [0.4, 0.5) is 0 Å². The van der Waals surface area contributed by atoms with E-state index < -0.39 is 5.91 Å². The van der Waals surface area contributed by atoms with Crippen LogP contribution in [0.5, 0.6) is 5.75 Å². The lowest BCUT2D eigenvalue weighted by Gasteiger charge is -2.07. The Labute approximate surface area is 162 Å². The fourth-order valence-corrected chi connectivity index (χ4v) is 3.14. The van der Waals surface area contributed by atoms with Crippen molar-refractivity contribution < 1.29 is 9.90 Å². The van der Waals surface area contributed by atoms with Gasteiger partial charge < -0.3 is 9.67 Å². The number of amides is 1. The average molecular weight is 369 g/mol. The van der Waals surface area contributed by atoms with Crippen molar-refractivity contribution in [2.75, 3.05) is 0 Å². The standard InChI is InChI=1S/C23H19N3O2/c1-16-6-4-9-19(12-16)26-11-5-10-20(26)15-24-25-23(28)21-13-17-7-2-3-8-18(17)14-22(21)27/h2-15,27H,1H3,(H,25,28). The van der Waals surface area contributed by atoms with E-state index in [1.54, 1.807) is 18.3 Å². The van der Waals surface area contributed by atoms with Crippen molar-refractivity contribution >= 4 is 22.9 Å². The third-order valence-corrected chi connectivity index (χ3v) is 4.53. The maximum absolute atomic E-state index is 12.4. The van der Waals surface area contributed by atoms with Gasteiger partial charge in [0, 0.05) is 11.9 Å². The minimum atomic E-state index is -0.465. The number of phenols is 1. The van der Waals surface area contributed by atoms with Crippen molar-refractivity contribution in [2.45, 2.75) is 6.92 Å². The number of benzene rings is 3.